The molecule has 90 valence electrons. The van der Waals surface area contributed by atoms with Crippen LogP contribution in [-0.2, 0) is 0 Å². The third kappa shape index (κ3) is 5.29. The number of hydrogen-bond donors (Lipinski definition) is 0. The molecule has 17 heavy (non-hydrogen) atoms. The van der Waals surface area contributed by atoms with Gasteiger partial charge in [-0.2, -0.15) is 0 Å². The minimum absolute atomic E-state index is 0. The van der Waals surface area contributed by atoms with Crippen LogP contribution in [0.5, 0.6) is 0 Å². The van der Waals surface area contributed by atoms with Crippen molar-refractivity contribution in [2.45, 2.75) is 6.92 Å². The third-order valence-corrected chi connectivity index (χ3v) is 2.25. The summed E-state index contributed by atoms with van der Waals surface area (Å²) in [6, 6.07) is 12.6. The zero-order valence-corrected chi connectivity index (χ0v) is 12.9. The summed E-state index contributed by atoms with van der Waals surface area (Å²) in [6.45, 7) is 2.11. The van der Waals surface area contributed by atoms with Crippen molar-refractivity contribution < 1.29 is 22.0 Å². The lowest BCUT2D eigenvalue weighted by atomic mass is 10.1. The predicted octanol–water partition coefficient (Wildman–Crippen LogP) is 0.561. The number of aromatic nitrogens is 1. The van der Waals surface area contributed by atoms with Gasteiger partial charge in [-0.25, -0.2) is 4.98 Å². The molecule has 0 amide bonds. The second kappa shape index (κ2) is 8.20. The third-order valence-electron chi connectivity index (χ3n) is 2.25. The van der Waals surface area contributed by atoms with Crippen LogP contribution in [0, 0.1) is 6.92 Å². The van der Waals surface area contributed by atoms with E-state index in [2.05, 4.69) is 48.3 Å². The minimum Gasteiger partial charge on any atom is -1.00 e. The first-order valence-corrected chi connectivity index (χ1v) is 5.05. The van der Waals surface area contributed by atoms with E-state index in [1.165, 1.54) is 16.7 Å². The molecule has 0 atom stereocenters. The Bertz CT molecular complexity index is 467. The highest BCUT2D eigenvalue weighted by Gasteiger charge is 1.89. The summed E-state index contributed by atoms with van der Waals surface area (Å²) in [4.78, 5) is 3.01. The molecule has 0 bridgehead atoms. The van der Waals surface area contributed by atoms with E-state index in [0.29, 0.717) is 0 Å². The lowest BCUT2D eigenvalue weighted by Crippen LogP contribution is -3.00. The number of pyridine rings is 1. The van der Waals surface area contributed by atoms with Crippen LogP contribution in [0.3, 0.4) is 0 Å². The maximum atomic E-state index is 3.01. The van der Waals surface area contributed by atoms with Crippen molar-refractivity contribution >= 4 is 29.1 Å². The second-order valence-electron chi connectivity index (χ2n) is 3.58. The van der Waals surface area contributed by atoms with Crippen LogP contribution in [-0.4, -0.2) is 0 Å². The zero-order chi connectivity index (χ0) is 10.5. The quantitative estimate of drug-likeness (QED) is 0.746. The number of benzene rings is 1. The van der Waals surface area contributed by atoms with Crippen LogP contribution < -0.4 is 22.0 Å². The van der Waals surface area contributed by atoms with Gasteiger partial charge in [0.2, 0.25) is 0 Å². The minimum atomic E-state index is 0. The van der Waals surface area contributed by atoms with E-state index < -0.39 is 0 Å². The van der Waals surface area contributed by atoms with Gasteiger partial charge in [-0.05, 0) is 18.1 Å². The molecular formula is C14H15Br2N. The Kier molecular flexibility index (Phi) is 7.75. The summed E-state index contributed by atoms with van der Waals surface area (Å²) in [5, 5.41) is 0. The van der Waals surface area contributed by atoms with E-state index in [1.54, 1.807) is 0 Å². The molecule has 0 unspecified atom stereocenters. The molecule has 0 aliphatic carbocycles. The van der Waals surface area contributed by atoms with Gasteiger partial charge in [-0.15, -0.1) is 17.0 Å². The van der Waals surface area contributed by atoms with Crippen molar-refractivity contribution in [3.63, 3.8) is 0 Å². The fourth-order valence-corrected chi connectivity index (χ4v) is 1.48. The number of aryl methyl sites for hydroxylation is 1. The van der Waals surface area contributed by atoms with E-state index in [4.69, 9.17) is 0 Å². The Morgan fingerprint density at radius 3 is 2.24 bits per heavy atom. The molecule has 1 heterocycles. The van der Waals surface area contributed by atoms with Crippen LogP contribution >= 0.6 is 17.0 Å². The molecule has 1 aromatic heterocycles. The van der Waals surface area contributed by atoms with Gasteiger partial charge in [-0.3, -0.25) is 0 Å². The molecule has 0 saturated carbocycles. The van der Waals surface area contributed by atoms with E-state index in [-0.39, 0.29) is 34.0 Å². The molecule has 2 rings (SSSR count). The fraction of sp³-hybridized carbons (Fsp3) is 0.0714. The highest BCUT2D eigenvalue weighted by atomic mass is 79.9. The monoisotopic (exact) mass is 355 g/mol. The maximum absolute atomic E-state index is 3.01. The number of H-pyrrole nitrogens is 1. The number of rotatable bonds is 2. The van der Waals surface area contributed by atoms with Crippen molar-refractivity contribution in [2.75, 3.05) is 0 Å². The van der Waals surface area contributed by atoms with Gasteiger partial charge < -0.3 is 17.0 Å². The van der Waals surface area contributed by atoms with Crippen molar-refractivity contribution in [2.24, 2.45) is 0 Å². The van der Waals surface area contributed by atoms with E-state index in [9.17, 15) is 0 Å². The molecule has 0 aliphatic heterocycles. The van der Waals surface area contributed by atoms with Gasteiger partial charge in [0.05, 0.1) is 0 Å². The Morgan fingerprint density at radius 2 is 1.59 bits per heavy atom. The number of nitrogens with one attached hydrogen (secondary N) is 1. The molecule has 1 N–H and O–H groups in total. The molecule has 0 aliphatic rings. The maximum Gasteiger partial charge on any atom is 0.167 e. The fourth-order valence-electron chi connectivity index (χ4n) is 1.48. The average Bonchev–Trinajstić information content (AvgIpc) is 2.28. The first-order chi connectivity index (χ1) is 7.34. The summed E-state index contributed by atoms with van der Waals surface area (Å²) in [7, 11) is 0. The lowest BCUT2D eigenvalue weighted by molar-refractivity contribution is -0.378. The summed E-state index contributed by atoms with van der Waals surface area (Å²) in [6.07, 6.45) is 8.09. The highest BCUT2D eigenvalue weighted by Crippen LogP contribution is 2.08. The van der Waals surface area contributed by atoms with Crippen molar-refractivity contribution in [3.05, 3.63) is 65.5 Å². The van der Waals surface area contributed by atoms with Gasteiger partial charge >= 0.3 is 0 Å². The molecule has 1 aromatic carbocycles. The second-order valence-corrected chi connectivity index (χ2v) is 3.58. The first kappa shape index (κ1) is 16.1. The topological polar surface area (TPSA) is 14.1 Å². The van der Waals surface area contributed by atoms with Gasteiger partial charge in [-0.1, -0.05) is 42.0 Å². The molecule has 0 spiro atoms. The standard InChI is InChI=1S/C14H13N.2BrH/c1-12-3-2-4-14(11-12)6-5-13-7-9-15-10-8-13;;/h2-11H,1H3;2*1H. The summed E-state index contributed by atoms with van der Waals surface area (Å²) < 4.78 is 0. The van der Waals surface area contributed by atoms with Gasteiger partial charge in [0.15, 0.2) is 12.4 Å². The van der Waals surface area contributed by atoms with Crippen molar-refractivity contribution in [1.82, 2.24) is 0 Å². The number of hydrogen-bond acceptors (Lipinski definition) is 0. The molecule has 1 nitrogen and oxygen atoms in total. The Labute approximate surface area is 123 Å². The summed E-state index contributed by atoms with van der Waals surface area (Å²) >= 11 is 0. The summed E-state index contributed by atoms with van der Waals surface area (Å²) in [5.74, 6) is 0. The van der Waals surface area contributed by atoms with Gasteiger partial charge in [0.25, 0.3) is 0 Å². The average molecular weight is 357 g/mol. The predicted molar refractivity (Wildman–Crippen MR) is 73.4 cm³/mol. The highest BCUT2D eigenvalue weighted by molar-refractivity contribution is 8.93. The number of halogens is 2. The van der Waals surface area contributed by atoms with Crippen molar-refractivity contribution in [3.8, 4) is 0 Å². The van der Waals surface area contributed by atoms with Crippen LogP contribution in [0.2, 0.25) is 0 Å². The summed E-state index contributed by atoms with van der Waals surface area (Å²) in [5.41, 5.74) is 3.73. The van der Waals surface area contributed by atoms with E-state index in [0.717, 1.165) is 0 Å². The van der Waals surface area contributed by atoms with E-state index >= 15 is 0 Å². The Balaban J connectivity index is 0.00000128. The normalized spacial score (nSPS) is 9.47. The van der Waals surface area contributed by atoms with Crippen LogP contribution in [0.1, 0.15) is 16.7 Å². The molecule has 0 radical (unpaired) electrons. The smallest absolute Gasteiger partial charge is 0.167 e. The molecule has 0 fully saturated rings. The first-order valence-electron chi connectivity index (χ1n) is 5.05. The van der Waals surface area contributed by atoms with Crippen LogP contribution in [0.4, 0.5) is 0 Å². The van der Waals surface area contributed by atoms with Gasteiger partial charge in [0.1, 0.15) is 0 Å². The van der Waals surface area contributed by atoms with Gasteiger partial charge in [0, 0.05) is 12.1 Å². The lowest BCUT2D eigenvalue weighted by Gasteiger charge is -1.95. The molecular weight excluding hydrogens is 342 g/mol. The molecule has 2 aromatic rings. The largest absolute Gasteiger partial charge is 1.00 e. The van der Waals surface area contributed by atoms with Crippen molar-refractivity contribution in [1.29, 1.82) is 0 Å². The number of aromatic amines is 1. The Morgan fingerprint density at radius 1 is 0.941 bits per heavy atom. The molecule has 0 saturated heterocycles. The molecule has 3 heteroatoms. The zero-order valence-electron chi connectivity index (χ0n) is 9.56. The van der Waals surface area contributed by atoms with Crippen LogP contribution in [0.25, 0.3) is 12.2 Å². The SMILES string of the molecule is Br.Cc1cccc(C=Cc2cc[nH+]cc2)c1.[Br-]. The Hall–Kier alpha value is -0.930. The van der Waals surface area contributed by atoms with E-state index in [1.807, 2.05) is 24.5 Å². The van der Waals surface area contributed by atoms with Crippen LogP contribution in [0.15, 0.2) is 48.8 Å².